The second-order valence-corrected chi connectivity index (χ2v) is 7.43. The molecule has 15 heavy (non-hydrogen) atoms. The summed E-state index contributed by atoms with van der Waals surface area (Å²) in [4.78, 5) is 11.9. The predicted molar refractivity (Wildman–Crippen MR) is 57.8 cm³/mol. The van der Waals surface area contributed by atoms with Crippen LogP contribution < -0.4 is 0 Å². The van der Waals surface area contributed by atoms with Crippen molar-refractivity contribution in [1.29, 1.82) is 0 Å². The normalized spacial score (nSPS) is 25.9. The molecule has 0 saturated heterocycles. The number of halogens is 1. The fourth-order valence-electron chi connectivity index (χ4n) is 2.18. The van der Waals surface area contributed by atoms with Crippen LogP contribution in [0.15, 0.2) is 0 Å². The van der Waals surface area contributed by atoms with E-state index in [-0.39, 0.29) is 47.5 Å². The van der Waals surface area contributed by atoms with Gasteiger partial charge in [-0.1, -0.05) is 25.9 Å². The molecule has 0 aliphatic heterocycles. The van der Waals surface area contributed by atoms with Crippen molar-refractivity contribution in [3.05, 3.63) is 0 Å². The van der Waals surface area contributed by atoms with Crippen LogP contribution in [0.4, 0.5) is 9.18 Å². The van der Waals surface area contributed by atoms with Crippen LogP contribution in [-0.4, -0.2) is 32.9 Å². The van der Waals surface area contributed by atoms with Crippen LogP contribution in [0.5, 0.6) is 0 Å². The largest absolute Gasteiger partial charge is 0.400 e. The van der Waals surface area contributed by atoms with Gasteiger partial charge in [0.25, 0.3) is 0 Å². The van der Waals surface area contributed by atoms with Gasteiger partial charge < -0.3 is 4.90 Å². The molecule has 0 aromatic rings. The van der Waals surface area contributed by atoms with Gasteiger partial charge in [-0.05, 0) is 18.4 Å². The third-order valence-corrected chi connectivity index (χ3v) is 5.45. The first-order valence-corrected chi connectivity index (χ1v) is 7.82. The molecule has 84 valence electrons. The number of carbonyl (C=O) groups excluding carboxylic acids is 1. The van der Waals surface area contributed by atoms with E-state index >= 15 is 0 Å². The van der Waals surface area contributed by atoms with E-state index in [1.165, 1.54) is 11.3 Å². The van der Waals surface area contributed by atoms with E-state index in [0.717, 1.165) is 24.8 Å². The Morgan fingerprint density at radius 1 is 1.40 bits per heavy atom. The zero-order valence-electron chi connectivity index (χ0n) is 9.79. The van der Waals surface area contributed by atoms with Crippen LogP contribution in [0.2, 0.25) is 18.6 Å². The molecule has 2 atom stereocenters. The number of rotatable bonds is 2. The third kappa shape index (κ3) is 4.61. The van der Waals surface area contributed by atoms with E-state index in [4.69, 9.17) is 0 Å². The molecule has 2 nitrogen and oxygen atoms in total. The summed E-state index contributed by atoms with van der Waals surface area (Å²) in [6.07, 6.45) is 3.11. The van der Waals surface area contributed by atoms with Gasteiger partial charge in [-0.15, -0.1) is 4.39 Å². The Labute approximate surface area is 118 Å². The van der Waals surface area contributed by atoms with Crippen molar-refractivity contribution < 1.29 is 41.9 Å². The van der Waals surface area contributed by atoms with Crippen molar-refractivity contribution in [2.24, 2.45) is 0 Å². The second kappa shape index (κ2) is 7.13. The molecule has 1 aliphatic carbocycles. The summed E-state index contributed by atoms with van der Waals surface area (Å²) in [5.74, 6) is 0. The number of hydrogen-bond acceptors (Lipinski definition) is 1. The van der Waals surface area contributed by atoms with Crippen molar-refractivity contribution in [1.82, 2.24) is 4.90 Å². The summed E-state index contributed by atoms with van der Waals surface area (Å²) in [5.41, 5.74) is 0.751. The van der Waals surface area contributed by atoms with Crippen LogP contribution in [0.25, 0.3) is 0 Å². The zero-order valence-corrected chi connectivity index (χ0v) is 13.6. The van der Waals surface area contributed by atoms with Crippen molar-refractivity contribution in [3.8, 4) is 0 Å². The molecule has 1 amide bonds. The Morgan fingerprint density at radius 2 is 2.00 bits per heavy atom. The average molecular weight is 305 g/mol. The van der Waals surface area contributed by atoms with Crippen molar-refractivity contribution in [2.75, 3.05) is 7.05 Å². The molecule has 0 aromatic heterocycles. The van der Waals surface area contributed by atoms with Crippen molar-refractivity contribution in [2.45, 2.75) is 50.4 Å². The molecule has 2 radical (unpaired) electrons. The molecule has 0 aromatic carbocycles. The standard InChI is InChI=1S/C10H19FNOSi.Y/c1-12(10(11)13)8-5-4-6-9(7-8)14(2)3;/h8-9H,4-7H2,1-3H3;. The summed E-state index contributed by atoms with van der Waals surface area (Å²) >= 11 is 0. The van der Waals surface area contributed by atoms with Gasteiger partial charge in [0.05, 0.1) is 0 Å². The van der Waals surface area contributed by atoms with Crippen LogP contribution in [0, 0.1) is 0 Å². The summed E-state index contributed by atoms with van der Waals surface area (Å²) < 4.78 is 12.5. The molecule has 1 fully saturated rings. The zero-order chi connectivity index (χ0) is 10.7. The van der Waals surface area contributed by atoms with Gasteiger partial charge in [-0.2, -0.15) is 0 Å². The molecule has 1 saturated carbocycles. The van der Waals surface area contributed by atoms with Crippen LogP contribution in [-0.2, 0) is 32.7 Å². The van der Waals surface area contributed by atoms with Gasteiger partial charge in [0.15, 0.2) is 0 Å². The minimum Gasteiger partial charge on any atom is -0.315 e. The molecule has 2 unspecified atom stereocenters. The Kier molecular flexibility index (Phi) is 7.47. The maximum absolute atomic E-state index is 12.5. The maximum atomic E-state index is 12.5. The van der Waals surface area contributed by atoms with Crippen LogP contribution in [0.1, 0.15) is 25.7 Å². The summed E-state index contributed by atoms with van der Waals surface area (Å²) in [5, 5.41) is 0. The third-order valence-electron chi connectivity index (χ3n) is 3.29. The van der Waals surface area contributed by atoms with Gasteiger partial charge in [0.2, 0.25) is 0 Å². The van der Waals surface area contributed by atoms with Gasteiger partial charge in [0, 0.05) is 54.6 Å². The van der Waals surface area contributed by atoms with Gasteiger partial charge in [0.1, 0.15) is 0 Å². The molecule has 0 N–H and O–H groups in total. The Hall–Kier alpha value is 0.721. The number of hydrogen-bond donors (Lipinski definition) is 0. The van der Waals surface area contributed by atoms with Gasteiger partial charge in [-0.25, -0.2) is 4.79 Å². The fourth-order valence-corrected chi connectivity index (χ4v) is 3.71. The second-order valence-electron chi connectivity index (χ2n) is 4.46. The number of nitrogens with zero attached hydrogens (tertiary/aromatic N) is 1. The van der Waals surface area contributed by atoms with E-state index in [1.807, 2.05) is 0 Å². The molecule has 0 spiro atoms. The maximum Gasteiger partial charge on any atom is 0.400 e. The van der Waals surface area contributed by atoms with E-state index in [0.29, 0.717) is 0 Å². The number of amides is 1. The van der Waals surface area contributed by atoms with E-state index in [1.54, 1.807) is 7.05 Å². The van der Waals surface area contributed by atoms with Crippen LogP contribution in [0.3, 0.4) is 0 Å². The Balaban J connectivity index is 0.00000196. The molecule has 0 heterocycles. The first-order valence-electron chi connectivity index (χ1n) is 5.24. The average Bonchev–Trinajstić information content (AvgIpc) is 2.16. The summed E-state index contributed by atoms with van der Waals surface area (Å²) in [6.45, 7) is 4.60. The molecular weight excluding hydrogens is 286 g/mol. The smallest absolute Gasteiger partial charge is 0.315 e. The molecule has 1 rings (SSSR count). The van der Waals surface area contributed by atoms with Crippen LogP contribution >= 0.6 is 0 Å². The SMILES string of the molecule is CN(C(=O)F)C1CCCC([Si](C)C)C1.[Y]. The first kappa shape index (κ1) is 15.7. The topological polar surface area (TPSA) is 20.3 Å². The van der Waals surface area contributed by atoms with Crippen molar-refractivity contribution >= 4 is 15.0 Å². The Morgan fingerprint density at radius 3 is 2.47 bits per heavy atom. The molecular formula is C10H19FNOSiY. The summed E-state index contributed by atoms with van der Waals surface area (Å²) in [6, 6.07) is 0.145. The fraction of sp³-hybridized carbons (Fsp3) is 0.900. The quantitative estimate of drug-likeness (QED) is 0.436. The minimum absolute atomic E-state index is 0. The minimum atomic E-state index is -1.28. The molecule has 1 aliphatic rings. The monoisotopic (exact) mass is 305 g/mol. The van der Waals surface area contributed by atoms with E-state index in [2.05, 4.69) is 13.1 Å². The van der Waals surface area contributed by atoms with Crippen molar-refractivity contribution in [3.63, 3.8) is 0 Å². The molecule has 5 heteroatoms. The Bertz CT molecular complexity index is 216. The number of carbonyl (C=O) groups is 1. The molecule has 0 bridgehead atoms. The summed E-state index contributed by atoms with van der Waals surface area (Å²) in [7, 11) is 1.29. The predicted octanol–water partition coefficient (Wildman–Crippen LogP) is 3.07. The van der Waals surface area contributed by atoms with E-state index < -0.39 is 6.16 Å². The van der Waals surface area contributed by atoms with Gasteiger partial charge >= 0.3 is 6.16 Å². The van der Waals surface area contributed by atoms with E-state index in [9.17, 15) is 9.18 Å². The first-order chi connectivity index (χ1) is 6.52. The van der Waals surface area contributed by atoms with Gasteiger partial charge in [-0.3, -0.25) is 0 Å².